The van der Waals surface area contributed by atoms with E-state index in [0.29, 0.717) is 10.9 Å². The van der Waals surface area contributed by atoms with Crippen molar-refractivity contribution < 1.29 is 14.4 Å². The number of carbonyl (C=O) groups is 3. The van der Waals surface area contributed by atoms with Crippen molar-refractivity contribution in [2.24, 2.45) is 4.99 Å². The zero-order valence-electron chi connectivity index (χ0n) is 8.43. The van der Waals surface area contributed by atoms with E-state index in [1.165, 1.54) is 12.1 Å². The highest BCUT2D eigenvalue weighted by molar-refractivity contribution is 6.08. The third kappa shape index (κ3) is 1.38. The highest BCUT2D eigenvalue weighted by atomic mass is 16.2. The number of nitrogens with one attached hydrogen (secondary N) is 1. The number of pyridine rings is 1. The predicted octanol–water partition coefficient (Wildman–Crippen LogP) is -0.902. The molecule has 2 heterocycles. The Balaban J connectivity index is 2.41. The lowest BCUT2D eigenvalue weighted by Crippen LogP contribution is -2.42. The molecule has 1 N–H and O–H groups in total. The highest BCUT2D eigenvalue weighted by Gasteiger charge is 2.21. The van der Waals surface area contributed by atoms with Crippen LogP contribution in [0.15, 0.2) is 23.2 Å². The van der Waals surface area contributed by atoms with Gasteiger partial charge in [0.1, 0.15) is 5.36 Å². The van der Waals surface area contributed by atoms with Crippen molar-refractivity contribution in [3.05, 3.63) is 40.2 Å². The van der Waals surface area contributed by atoms with Crippen LogP contribution in [0.5, 0.6) is 0 Å². The minimum atomic E-state index is -0.743. The van der Waals surface area contributed by atoms with E-state index in [9.17, 15) is 14.4 Å². The maximum absolute atomic E-state index is 11.6. The Bertz CT molecular complexity index is 731. The summed E-state index contributed by atoms with van der Waals surface area (Å²) >= 11 is 0. The molecule has 0 radical (unpaired) electrons. The molecule has 0 atom stereocenters. The fourth-order valence-electron chi connectivity index (χ4n) is 1.70. The number of ketones is 1. The Morgan fingerprint density at radius 1 is 1.18 bits per heavy atom. The number of allylic oxidation sites excluding steroid dienone is 2. The van der Waals surface area contributed by atoms with Crippen LogP contribution in [-0.4, -0.2) is 22.7 Å². The number of fused-ring (bicyclic) bond motifs is 2. The van der Waals surface area contributed by atoms with Crippen LogP contribution in [0, 0.1) is 0 Å². The summed E-state index contributed by atoms with van der Waals surface area (Å²) < 4.78 is 0. The van der Waals surface area contributed by atoms with Crippen LogP contribution >= 0.6 is 0 Å². The van der Waals surface area contributed by atoms with E-state index >= 15 is 0 Å². The largest absolute Gasteiger partial charge is 0.348 e. The molecule has 6 heteroatoms. The second-order valence-corrected chi connectivity index (χ2v) is 3.55. The molecule has 1 aliphatic heterocycles. The standard InChI is InChI=1S/C11H5N3O3/c15-8-3-1-2-6-5(8)4-7-9(12-6)10(16)14-11(17)13-7/h1-4H,(H,14,16,17). The quantitative estimate of drug-likeness (QED) is 0.622. The molecule has 0 fully saturated rings. The summed E-state index contributed by atoms with van der Waals surface area (Å²) in [4.78, 5) is 41.8. The average molecular weight is 227 g/mol. The van der Waals surface area contributed by atoms with Crippen LogP contribution in [-0.2, 0) is 0 Å². The van der Waals surface area contributed by atoms with E-state index in [1.54, 1.807) is 12.2 Å². The van der Waals surface area contributed by atoms with E-state index in [0.717, 1.165) is 0 Å². The molecule has 3 amide bonds. The Hall–Kier alpha value is -2.63. The first-order valence-corrected chi connectivity index (χ1v) is 4.83. The van der Waals surface area contributed by atoms with E-state index in [2.05, 4.69) is 9.98 Å². The molecule has 0 spiro atoms. The van der Waals surface area contributed by atoms with Gasteiger partial charge in [-0.15, -0.1) is 0 Å². The summed E-state index contributed by atoms with van der Waals surface area (Å²) in [6, 6.07) is 0.670. The lowest BCUT2D eigenvalue weighted by atomic mass is 10.1. The van der Waals surface area contributed by atoms with Gasteiger partial charge in [-0.2, -0.15) is 4.99 Å². The molecule has 0 unspecified atom stereocenters. The van der Waals surface area contributed by atoms with Gasteiger partial charge in [-0.05, 0) is 18.2 Å². The third-order valence-corrected chi connectivity index (χ3v) is 2.46. The maximum Gasteiger partial charge on any atom is 0.348 e. The molecule has 17 heavy (non-hydrogen) atoms. The van der Waals surface area contributed by atoms with E-state index in [1.807, 2.05) is 5.32 Å². The van der Waals surface area contributed by atoms with Crippen molar-refractivity contribution in [3.63, 3.8) is 0 Å². The molecule has 82 valence electrons. The molecule has 1 aliphatic carbocycles. The fourth-order valence-corrected chi connectivity index (χ4v) is 1.70. The number of urea groups is 1. The number of aromatic nitrogens is 1. The Labute approximate surface area is 94.4 Å². The molecule has 0 saturated carbocycles. The van der Waals surface area contributed by atoms with Crippen molar-refractivity contribution >= 4 is 23.8 Å². The summed E-state index contributed by atoms with van der Waals surface area (Å²) in [5.41, 5.74) is 0.403. The second kappa shape index (κ2) is 3.18. The zero-order valence-corrected chi connectivity index (χ0v) is 8.43. The van der Waals surface area contributed by atoms with Gasteiger partial charge < -0.3 is 0 Å². The Morgan fingerprint density at radius 3 is 2.82 bits per heavy atom. The molecule has 1 aromatic heterocycles. The monoisotopic (exact) mass is 227 g/mol. The van der Waals surface area contributed by atoms with Crippen LogP contribution in [0.1, 0.15) is 20.8 Å². The first kappa shape index (κ1) is 9.59. The topological polar surface area (TPSA) is 88.5 Å². The number of nitrogens with zero attached hydrogens (tertiary/aromatic N) is 2. The van der Waals surface area contributed by atoms with Crippen LogP contribution in [0.4, 0.5) is 4.79 Å². The molecule has 0 saturated heterocycles. The molecular formula is C11H5N3O3. The van der Waals surface area contributed by atoms with Gasteiger partial charge in [0, 0.05) is 5.56 Å². The summed E-state index contributed by atoms with van der Waals surface area (Å²) in [6.45, 7) is 0. The number of rotatable bonds is 0. The summed E-state index contributed by atoms with van der Waals surface area (Å²) in [5, 5.41) is 2.58. The van der Waals surface area contributed by atoms with Crippen molar-refractivity contribution in [1.82, 2.24) is 10.3 Å². The molecule has 3 rings (SSSR count). The van der Waals surface area contributed by atoms with Gasteiger partial charge in [0.05, 0.1) is 5.35 Å². The van der Waals surface area contributed by atoms with Crippen molar-refractivity contribution in [1.29, 1.82) is 0 Å². The van der Waals surface area contributed by atoms with Crippen LogP contribution in [0.3, 0.4) is 0 Å². The number of hydrogen-bond acceptors (Lipinski definition) is 4. The van der Waals surface area contributed by atoms with Crippen molar-refractivity contribution in [3.8, 4) is 0 Å². The summed E-state index contributed by atoms with van der Waals surface area (Å²) in [7, 11) is 0. The van der Waals surface area contributed by atoms with Gasteiger partial charge in [-0.25, -0.2) is 9.78 Å². The van der Waals surface area contributed by atoms with E-state index in [4.69, 9.17) is 0 Å². The molecule has 6 nitrogen and oxygen atoms in total. The third-order valence-electron chi connectivity index (χ3n) is 2.46. The average Bonchev–Trinajstić information content (AvgIpc) is 2.28. The fraction of sp³-hybridized carbons (Fsp3) is 0. The Morgan fingerprint density at radius 2 is 2.00 bits per heavy atom. The van der Waals surface area contributed by atoms with Gasteiger partial charge in [0.25, 0.3) is 5.91 Å². The Kier molecular flexibility index (Phi) is 1.79. The minimum absolute atomic E-state index is 0.0581. The number of amides is 3. The van der Waals surface area contributed by atoms with Crippen LogP contribution in [0.25, 0.3) is 6.08 Å². The van der Waals surface area contributed by atoms with E-state index in [-0.39, 0.29) is 16.8 Å². The molecule has 1 aromatic rings. The van der Waals surface area contributed by atoms with Gasteiger partial charge in [0.2, 0.25) is 0 Å². The molecule has 0 aromatic carbocycles. The maximum atomic E-state index is 11.6. The van der Waals surface area contributed by atoms with Crippen molar-refractivity contribution in [2.45, 2.75) is 0 Å². The SMILES string of the molecule is O=C1N=c2cc3c(nc2C(=O)N1)=CC=CC3=O. The summed E-state index contributed by atoms with van der Waals surface area (Å²) in [5.74, 6) is -0.815. The normalized spacial score (nSPS) is 16.6. The predicted molar refractivity (Wildman–Crippen MR) is 55.8 cm³/mol. The van der Waals surface area contributed by atoms with Gasteiger partial charge in [-0.3, -0.25) is 14.9 Å². The first-order valence-electron chi connectivity index (χ1n) is 4.83. The summed E-state index contributed by atoms with van der Waals surface area (Å²) in [6.07, 6.45) is 4.58. The lowest BCUT2D eigenvalue weighted by Gasteiger charge is -2.09. The van der Waals surface area contributed by atoms with E-state index < -0.39 is 11.9 Å². The molecular weight excluding hydrogens is 222 g/mol. The smallest absolute Gasteiger partial charge is 0.289 e. The first-order chi connectivity index (χ1) is 8.15. The molecule has 2 aliphatic rings. The van der Waals surface area contributed by atoms with Crippen LogP contribution in [0.2, 0.25) is 0 Å². The van der Waals surface area contributed by atoms with Crippen LogP contribution < -0.4 is 16.0 Å². The minimum Gasteiger partial charge on any atom is -0.289 e. The number of hydrogen-bond donors (Lipinski definition) is 1. The lowest BCUT2D eigenvalue weighted by molar-refractivity contribution is 0.0952. The number of carbonyl (C=O) groups excluding carboxylic acids is 3. The van der Waals surface area contributed by atoms with Gasteiger partial charge in [-0.1, -0.05) is 6.08 Å². The number of imide groups is 1. The zero-order chi connectivity index (χ0) is 12.0. The van der Waals surface area contributed by atoms with Gasteiger partial charge in [0.15, 0.2) is 11.5 Å². The van der Waals surface area contributed by atoms with Gasteiger partial charge >= 0.3 is 6.03 Å². The highest BCUT2D eigenvalue weighted by Crippen LogP contribution is 2.00. The molecule has 0 bridgehead atoms. The second-order valence-electron chi connectivity index (χ2n) is 3.55. The van der Waals surface area contributed by atoms with Crippen molar-refractivity contribution in [2.75, 3.05) is 0 Å².